The molecule has 88 valence electrons. The van der Waals surface area contributed by atoms with Gasteiger partial charge in [0.25, 0.3) is 0 Å². The van der Waals surface area contributed by atoms with Gasteiger partial charge < -0.3 is 22.8 Å². The molecule has 0 spiro atoms. The van der Waals surface area contributed by atoms with Gasteiger partial charge in [-0.3, -0.25) is 0 Å². The van der Waals surface area contributed by atoms with Crippen molar-refractivity contribution < 1.29 is 22.8 Å². The van der Waals surface area contributed by atoms with E-state index < -0.39 is 0 Å². The SMILES string of the molecule is C(OCC1COPOC1)C1COPOC1. The van der Waals surface area contributed by atoms with E-state index in [1.165, 1.54) is 0 Å². The van der Waals surface area contributed by atoms with Gasteiger partial charge in [-0.25, -0.2) is 0 Å². The third kappa shape index (κ3) is 4.58. The van der Waals surface area contributed by atoms with Crippen LogP contribution in [0.3, 0.4) is 0 Å². The third-order valence-electron chi connectivity index (χ3n) is 2.22. The zero-order valence-corrected chi connectivity index (χ0v) is 10.4. The molecular formula is C8H16O5P2. The van der Waals surface area contributed by atoms with Crippen LogP contribution in [-0.4, -0.2) is 39.6 Å². The predicted molar refractivity (Wildman–Crippen MR) is 58.2 cm³/mol. The summed E-state index contributed by atoms with van der Waals surface area (Å²) in [5.74, 6) is 0.747. The second-order valence-electron chi connectivity index (χ2n) is 3.68. The Balaban J connectivity index is 1.53. The Morgan fingerprint density at radius 3 is 1.60 bits per heavy atom. The first-order valence-electron chi connectivity index (χ1n) is 5.00. The van der Waals surface area contributed by atoms with E-state index in [1.54, 1.807) is 0 Å². The summed E-state index contributed by atoms with van der Waals surface area (Å²) in [6.07, 6.45) is 0. The Hall–Kier alpha value is 0.660. The molecule has 0 aromatic rings. The Morgan fingerprint density at radius 1 is 0.800 bits per heavy atom. The number of rotatable bonds is 4. The van der Waals surface area contributed by atoms with E-state index in [9.17, 15) is 0 Å². The van der Waals surface area contributed by atoms with Crippen molar-refractivity contribution in [3.8, 4) is 0 Å². The molecule has 0 saturated carbocycles. The molecule has 0 amide bonds. The Morgan fingerprint density at radius 2 is 1.20 bits per heavy atom. The maximum Gasteiger partial charge on any atom is 0.155 e. The number of hydrogen-bond donors (Lipinski definition) is 0. The number of ether oxygens (including phenoxy) is 1. The van der Waals surface area contributed by atoms with Crippen molar-refractivity contribution in [1.82, 2.24) is 0 Å². The lowest BCUT2D eigenvalue weighted by atomic mass is 10.2. The van der Waals surface area contributed by atoms with Crippen molar-refractivity contribution in [2.45, 2.75) is 0 Å². The van der Waals surface area contributed by atoms with Crippen LogP contribution in [0.5, 0.6) is 0 Å². The average molecular weight is 254 g/mol. The molecule has 0 atom stereocenters. The minimum Gasteiger partial charge on any atom is -0.381 e. The van der Waals surface area contributed by atoms with E-state index in [4.69, 9.17) is 22.8 Å². The predicted octanol–water partition coefficient (Wildman–Crippen LogP) is 1.35. The van der Waals surface area contributed by atoms with Gasteiger partial charge >= 0.3 is 0 Å². The standard InChI is InChI=1S/C8H16O5P2/c1(7-3-10-14-11-4-7)9-2-8-5-12-15-13-6-8/h7-8,14-15H,1-6H2. The molecule has 2 aliphatic heterocycles. The van der Waals surface area contributed by atoms with E-state index >= 15 is 0 Å². The van der Waals surface area contributed by atoms with Crippen LogP contribution in [0.1, 0.15) is 0 Å². The molecule has 0 unspecified atom stereocenters. The second-order valence-corrected chi connectivity index (χ2v) is 5.17. The molecule has 0 aliphatic carbocycles. The van der Waals surface area contributed by atoms with E-state index in [0.29, 0.717) is 25.0 Å². The van der Waals surface area contributed by atoms with Crippen LogP contribution in [-0.2, 0) is 22.8 Å². The second kappa shape index (κ2) is 7.08. The molecule has 2 heterocycles. The Kier molecular flexibility index (Phi) is 5.72. The quantitative estimate of drug-likeness (QED) is 0.708. The van der Waals surface area contributed by atoms with Gasteiger partial charge in [-0.1, -0.05) is 0 Å². The fourth-order valence-corrected chi connectivity index (χ4v) is 2.76. The van der Waals surface area contributed by atoms with Gasteiger partial charge in [0.1, 0.15) is 0 Å². The van der Waals surface area contributed by atoms with Crippen LogP contribution < -0.4 is 0 Å². The minimum atomic E-state index is 0.203. The first-order valence-corrected chi connectivity index (χ1v) is 6.63. The van der Waals surface area contributed by atoms with Gasteiger partial charge in [0.2, 0.25) is 0 Å². The summed E-state index contributed by atoms with van der Waals surface area (Å²) in [6, 6.07) is 0. The minimum absolute atomic E-state index is 0.203. The first kappa shape index (κ1) is 12.1. The highest BCUT2D eigenvalue weighted by molar-refractivity contribution is 7.26. The Bertz CT molecular complexity index is 152. The van der Waals surface area contributed by atoms with Crippen molar-refractivity contribution in [3.05, 3.63) is 0 Å². The summed E-state index contributed by atoms with van der Waals surface area (Å²) < 4.78 is 26.4. The highest BCUT2D eigenvalue weighted by atomic mass is 31.1. The molecule has 2 saturated heterocycles. The normalized spacial score (nSPS) is 36.0. The van der Waals surface area contributed by atoms with Crippen LogP contribution in [0.2, 0.25) is 0 Å². The van der Waals surface area contributed by atoms with Crippen molar-refractivity contribution in [3.63, 3.8) is 0 Å². The lowest BCUT2D eigenvalue weighted by Crippen LogP contribution is -2.27. The van der Waals surface area contributed by atoms with Crippen LogP contribution in [0.4, 0.5) is 0 Å². The van der Waals surface area contributed by atoms with Gasteiger partial charge in [0, 0.05) is 11.8 Å². The zero-order valence-electron chi connectivity index (χ0n) is 8.44. The van der Waals surface area contributed by atoms with Crippen LogP contribution in [0, 0.1) is 11.8 Å². The molecule has 0 bridgehead atoms. The van der Waals surface area contributed by atoms with Crippen molar-refractivity contribution in [2.24, 2.45) is 11.8 Å². The summed E-state index contributed by atoms with van der Waals surface area (Å²) in [4.78, 5) is 0. The maximum atomic E-state index is 5.60. The molecule has 0 radical (unpaired) electrons. The molecule has 2 rings (SSSR count). The number of hydrogen-bond acceptors (Lipinski definition) is 5. The molecule has 15 heavy (non-hydrogen) atoms. The fraction of sp³-hybridized carbons (Fsp3) is 1.00. The largest absolute Gasteiger partial charge is 0.381 e. The topological polar surface area (TPSA) is 46.2 Å². The van der Waals surface area contributed by atoms with Crippen LogP contribution in [0.15, 0.2) is 0 Å². The Labute approximate surface area is 93.0 Å². The molecular weight excluding hydrogens is 238 g/mol. The van der Waals surface area contributed by atoms with Gasteiger partial charge in [-0.15, -0.1) is 0 Å². The molecule has 0 aromatic carbocycles. The molecule has 5 nitrogen and oxygen atoms in total. The van der Waals surface area contributed by atoms with Crippen molar-refractivity contribution in [1.29, 1.82) is 0 Å². The summed E-state index contributed by atoms with van der Waals surface area (Å²) in [7, 11) is 0.405. The smallest absolute Gasteiger partial charge is 0.155 e. The highest BCUT2D eigenvalue weighted by Crippen LogP contribution is 2.24. The van der Waals surface area contributed by atoms with Crippen LogP contribution in [0.25, 0.3) is 0 Å². The van der Waals surface area contributed by atoms with Gasteiger partial charge in [-0.2, -0.15) is 0 Å². The maximum absolute atomic E-state index is 5.60. The van der Waals surface area contributed by atoms with E-state index in [0.717, 1.165) is 26.4 Å². The molecule has 2 aliphatic rings. The van der Waals surface area contributed by atoms with E-state index in [2.05, 4.69) is 0 Å². The van der Waals surface area contributed by atoms with Crippen molar-refractivity contribution in [2.75, 3.05) is 39.6 Å². The molecule has 0 aromatic heterocycles. The lowest BCUT2D eigenvalue weighted by Gasteiger charge is -2.24. The zero-order chi connectivity index (χ0) is 10.3. The van der Waals surface area contributed by atoms with E-state index in [-0.39, 0.29) is 18.1 Å². The first-order chi connectivity index (χ1) is 7.45. The molecule has 7 heteroatoms. The highest BCUT2D eigenvalue weighted by Gasteiger charge is 2.18. The lowest BCUT2D eigenvalue weighted by molar-refractivity contribution is 0.000792. The van der Waals surface area contributed by atoms with Gasteiger partial charge in [0.05, 0.1) is 39.6 Å². The molecule has 2 fully saturated rings. The van der Waals surface area contributed by atoms with Crippen LogP contribution >= 0.6 is 18.1 Å². The summed E-state index contributed by atoms with van der Waals surface area (Å²) >= 11 is 0. The average Bonchev–Trinajstić information content (AvgIpc) is 2.32. The third-order valence-corrected chi connectivity index (χ3v) is 3.36. The van der Waals surface area contributed by atoms with Crippen molar-refractivity contribution >= 4 is 18.1 Å². The molecule has 0 N–H and O–H groups in total. The summed E-state index contributed by atoms with van der Waals surface area (Å²) in [6.45, 7) is 4.39. The monoisotopic (exact) mass is 254 g/mol. The van der Waals surface area contributed by atoms with Gasteiger partial charge in [-0.05, 0) is 0 Å². The van der Waals surface area contributed by atoms with E-state index in [1.807, 2.05) is 0 Å². The summed E-state index contributed by atoms with van der Waals surface area (Å²) in [5, 5.41) is 0. The van der Waals surface area contributed by atoms with Gasteiger partial charge in [0.15, 0.2) is 18.1 Å². The fourth-order valence-electron chi connectivity index (χ4n) is 1.38. The summed E-state index contributed by atoms with van der Waals surface area (Å²) in [5.41, 5.74) is 0.